The normalized spacial score (nSPS) is 15.0. The predicted molar refractivity (Wildman–Crippen MR) is 98.0 cm³/mol. The number of amides is 3. The van der Waals surface area contributed by atoms with E-state index in [0.29, 0.717) is 50.9 Å². The third-order valence-electron chi connectivity index (χ3n) is 4.04. The first kappa shape index (κ1) is 19.6. The zero-order valence-electron chi connectivity index (χ0n) is 15.1. The van der Waals surface area contributed by atoms with Gasteiger partial charge < -0.3 is 15.5 Å². The van der Waals surface area contributed by atoms with Crippen LogP contribution in [0.2, 0.25) is 0 Å². The van der Waals surface area contributed by atoms with Gasteiger partial charge in [-0.3, -0.25) is 19.8 Å². The van der Waals surface area contributed by atoms with Crippen LogP contribution in [0.4, 0.5) is 16.2 Å². The number of urea groups is 1. The Kier molecular flexibility index (Phi) is 6.90. The average molecular weight is 363 g/mol. The minimum absolute atomic E-state index is 0.00630. The minimum Gasteiger partial charge on any atom is -0.355 e. The summed E-state index contributed by atoms with van der Waals surface area (Å²) >= 11 is 0. The Morgan fingerprint density at radius 2 is 1.92 bits per heavy atom. The summed E-state index contributed by atoms with van der Waals surface area (Å²) in [7, 11) is 0. The lowest BCUT2D eigenvalue weighted by Crippen LogP contribution is -2.52. The van der Waals surface area contributed by atoms with Crippen LogP contribution in [0.3, 0.4) is 0 Å². The van der Waals surface area contributed by atoms with Gasteiger partial charge in [0.25, 0.3) is 5.69 Å². The van der Waals surface area contributed by atoms with Crippen molar-refractivity contribution < 1.29 is 14.5 Å². The molecule has 0 saturated carbocycles. The first-order chi connectivity index (χ1) is 12.3. The van der Waals surface area contributed by atoms with Gasteiger partial charge in [0.05, 0.1) is 11.5 Å². The quantitative estimate of drug-likeness (QED) is 0.588. The molecule has 2 N–H and O–H groups in total. The number of nitrogens with zero attached hydrogens (tertiary/aromatic N) is 3. The zero-order chi connectivity index (χ0) is 19.1. The van der Waals surface area contributed by atoms with Gasteiger partial charge in [-0.05, 0) is 12.0 Å². The molecular weight excluding hydrogens is 338 g/mol. The topological polar surface area (TPSA) is 108 Å². The third-order valence-corrected chi connectivity index (χ3v) is 4.04. The van der Waals surface area contributed by atoms with Crippen LogP contribution in [0.5, 0.6) is 0 Å². The van der Waals surface area contributed by atoms with Gasteiger partial charge >= 0.3 is 6.03 Å². The molecule has 0 unspecified atom stereocenters. The van der Waals surface area contributed by atoms with Crippen molar-refractivity contribution in [3.63, 3.8) is 0 Å². The van der Waals surface area contributed by atoms with Gasteiger partial charge in [-0.15, -0.1) is 0 Å². The highest BCUT2D eigenvalue weighted by Gasteiger charge is 2.22. The van der Waals surface area contributed by atoms with E-state index in [4.69, 9.17) is 0 Å². The molecule has 1 fully saturated rings. The molecule has 26 heavy (non-hydrogen) atoms. The summed E-state index contributed by atoms with van der Waals surface area (Å²) in [6.45, 7) is 7.28. The van der Waals surface area contributed by atoms with E-state index in [1.54, 1.807) is 11.0 Å². The van der Waals surface area contributed by atoms with Crippen molar-refractivity contribution in [2.75, 3.05) is 44.6 Å². The Morgan fingerprint density at radius 1 is 1.23 bits per heavy atom. The molecule has 0 aliphatic carbocycles. The van der Waals surface area contributed by atoms with Crippen LogP contribution in [0.1, 0.15) is 13.8 Å². The lowest BCUT2D eigenvalue weighted by Gasteiger charge is -2.34. The fourth-order valence-electron chi connectivity index (χ4n) is 2.59. The molecular formula is C17H25N5O4. The summed E-state index contributed by atoms with van der Waals surface area (Å²) < 4.78 is 0. The van der Waals surface area contributed by atoms with Gasteiger partial charge in [-0.25, -0.2) is 4.79 Å². The Hall–Kier alpha value is -2.68. The molecule has 0 bridgehead atoms. The van der Waals surface area contributed by atoms with Crippen molar-refractivity contribution in [1.29, 1.82) is 0 Å². The number of piperazine rings is 1. The Labute approximate surface area is 152 Å². The smallest absolute Gasteiger partial charge is 0.321 e. The van der Waals surface area contributed by atoms with Crippen LogP contribution in [-0.2, 0) is 4.79 Å². The van der Waals surface area contributed by atoms with Crippen LogP contribution in [0.25, 0.3) is 0 Å². The Morgan fingerprint density at radius 3 is 2.54 bits per heavy atom. The molecule has 9 nitrogen and oxygen atoms in total. The number of nitrogens with one attached hydrogen (secondary N) is 2. The second kappa shape index (κ2) is 9.14. The molecule has 0 spiro atoms. The summed E-state index contributed by atoms with van der Waals surface area (Å²) in [6.07, 6.45) is 0. The highest BCUT2D eigenvalue weighted by Crippen LogP contribution is 2.17. The molecule has 1 aromatic rings. The number of nitro benzene ring substituents is 1. The van der Waals surface area contributed by atoms with Gasteiger partial charge in [0, 0.05) is 50.5 Å². The minimum atomic E-state index is -0.501. The molecule has 0 aromatic heterocycles. The second-order valence-corrected chi connectivity index (χ2v) is 6.70. The van der Waals surface area contributed by atoms with Crippen LogP contribution in [-0.4, -0.2) is 65.9 Å². The van der Waals surface area contributed by atoms with Gasteiger partial charge in [-0.2, -0.15) is 0 Å². The van der Waals surface area contributed by atoms with E-state index in [1.165, 1.54) is 18.2 Å². The lowest BCUT2D eigenvalue weighted by molar-refractivity contribution is -0.384. The molecule has 3 amide bonds. The van der Waals surface area contributed by atoms with E-state index >= 15 is 0 Å². The van der Waals surface area contributed by atoms with Crippen molar-refractivity contribution in [1.82, 2.24) is 15.1 Å². The molecule has 0 atom stereocenters. The number of anilines is 1. The van der Waals surface area contributed by atoms with E-state index in [-0.39, 0.29) is 17.6 Å². The van der Waals surface area contributed by atoms with E-state index in [1.807, 2.05) is 18.7 Å². The Balaban J connectivity index is 1.78. The van der Waals surface area contributed by atoms with Crippen molar-refractivity contribution in [2.24, 2.45) is 5.92 Å². The summed E-state index contributed by atoms with van der Waals surface area (Å²) in [5, 5.41) is 16.4. The standard InChI is InChI=1S/C17H25N5O4/c1-13(2)11-18-16(23)12-20-6-8-21(9-7-20)17(24)19-14-4-3-5-15(10-14)22(25)26/h3-5,10,13H,6-9,11-12H2,1-2H3,(H,18,23)(H,19,24). The summed E-state index contributed by atoms with van der Waals surface area (Å²) in [6, 6.07) is 5.54. The maximum Gasteiger partial charge on any atom is 0.321 e. The van der Waals surface area contributed by atoms with E-state index in [2.05, 4.69) is 10.6 Å². The monoisotopic (exact) mass is 363 g/mol. The van der Waals surface area contributed by atoms with Crippen molar-refractivity contribution >= 4 is 23.3 Å². The molecule has 1 aliphatic rings. The number of benzene rings is 1. The van der Waals surface area contributed by atoms with Gasteiger partial charge in [0.1, 0.15) is 0 Å². The van der Waals surface area contributed by atoms with Gasteiger partial charge in [0.15, 0.2) is 0 Å². The summed E-state index contributed by atoms with van der Waals surface area (Å²) in [5.41, 5.74) is 0.319. The fraction of sp³-hybridized carbons (Fsp3) is 0.529. The molecule has 1 aliphatic heterocycles. The third kappa shape index (κ3) is 5.99. The van der Waals surface area contributed by atoms with Crippen LogP contribution < -0.4 is 10.6 Å². The number of nitro groups is 1. The Bertz CT molecular complexity index is 656. The molecule has 1 heterocycles. The first-order valence-corrected chi connectivity index (χ1v) is 8.64. The molecule has 2 rings (SSSR count). The predicted octanol–water partition coefficient (Wildman–Crippen LogP) is 1.52. The second-order valence-electron chi connectivity index (χ2n) is 6.70. The van der Waals surface area contributed by atoms with Gasteiger partial charge in [-0.1, -0.05) is 19.9 Å². The zero-order valence-corrected chi connectivity index (χ0v) is 15.1. The molecule has 1 aromatic carbocycles. The molecule has 1 saturated heterocycles. The summed E-state index contributed by atoms with van der Waals surface area (Å²) in [4.78, 5) is 38.1. The number of rotatable bonds is 6. The maximum absolute atomic E-state index is 12.3. The van der Waals surface area contributed by atoms with Crippen LogP contribution >= 0.6 is 0 Å². The van der Waals surface area contributed by atoms with Crippen molar-refractivity contribution in [3.05, 3.63) is 34.4 Å². The van der Waals surface area contributed by atoms with E-state index < -0.39 is 4.92 Å². The lowest BCUT2D eigenvalue weighted by atomic mass is 10.2. The van der Waals surface area contributed by atoms with Gasteiger partial charge in [0.2, 0.25) is 5.91 Å². The molecule has 0 radical (unpaired) electrons. The molecule has 9 heteroatoms. The van der Waals surface area contributed by atoms with Crippen LogP contribution in [0.15, 0.2) is 24.3 Å². The average Bonchev–Trinajstić information content (AvgIpc) is 2.60. The number of carbonyl (C=O) groups excluding carboxylic acids is 2. The largest absolute Gasteiger partial charge is 0.355 e. The number of hydrogen-bond acceptors (Lipinski definition) is 5. The fourth-order valence-corrected chi connectivity index (χ4v) is 2.59. The summed E-state index contributed by atoms with van der Waals surface area (Å²) in [5.74, 6) is 0.404. The number of hydrogen-bond donors (Lipinski definition) is 2. The maximum atomic E-state index is 12.3. The number of non-ortho nitro benzene ring substituents is 1. The SMILES string of the molecule is CC(C)CNC(=O)CN1CCN(C(=O)Nc2cccc([N+](=O)[O-])c2)CC1. The molecule has 142 valence electrons. The first-order valence-electron chi connectivity index (χ1n) is 8.64. The highest BCUT2D eigenvalue weighted by molar-refractivity contribution is 5.89. The van der Waals surface area contributed by atoms with Crippen molar-refractivity contribution in [3.8, 4) is 0 Å². The van der Waals surface area contributed by atoms with Crippen molar-refractivity contribution in [2.45, 2.75) is 13.8 Å². The highest BCUT2D eigenvalue weighted by atomic mass is 16.6. The van der Waals surface area contributed by atoms with Crippen LogP contribution in [0, 0.1) is 16.0 Å². The van der Waals surface area contributed by atoms with E-state index in [0.717, 1.165) is 0 Å². The number of carbonyl (C=O) groups is 2. The van der Waals surface area contributed by atoms with E-state index in [9.17, 15) is 19.7 Å².